The lowest BCUT2D eigenvalue weighted by Gasteiger charge is -2.24. The number of imide groups is 1. The summed E-state index contributed by atoms with van der Waals surface area (Å²) in [6.07, 6.45) is 5.25. The Morgan fingerprint density at radius 2 is 1.55 bits per heavy atom. The molecule has 1 aromatic rings. The molecule has 1 aromatic carbocycles. The van der Waals surface area contributed by atoms with Crippen molar-refractivity contribution in [1.82, 2.24) is 4.90 Å². The molecule has 2 aliphatic carbocycles. The molecule has 0 unspecified atom stereocenters. The molecule has 3 heteroatoms. The van der Waals surface area contributed by atoms with E-state index in [1.54, 1.807) is 0 Å². The highest BCUT2D eigenvalue weighted by atomic mass is 16.2. The lowest BCUT2D eigenvalue weighted by molar-refractivity contribution is -0.143. The smallest absolute Gasteiger partial charge is 0.234 e. The number of fused-ring (bicyclic) bond motifs is 5. The fraction of sp³-hybridized carbons (Fsp3) is 0.412. The van der Waals surface area contributed by atoms with E-state index in [0.29, 0.717) is 0 Å². The maximum absolute atomic E-state index is 12.7. The van der Waals surface area contributed by atoms with Crippen molar-refractivity contribution in [3.8, 4) is 0 Å². The van der Waals surface area contributed by atoms with Crippen LogP contribution in [0.4, 0.5) is 0 Å². The number of benzene rings is 1. The number of carbonyl (C=O) groups excluding carboxylic acids is 2. The highest BCUT2D eigenvalue weighted by Crippen LogP contribution is 2.53. The number of rotatable bonds is 2. The van der Waals surface area contributed by atoms with Crippen LogP contribution in [-0.4, -0.2) is 16.7 Å². The van der Waals surface area contributed by atoms with E-state index in [0.717, 1.165) is 12.0 Å². The molecule has 3 nitrogen and oxygen atoms in total. The van der Waals surface area contributed by atoms with Gasteiger partial charge in [-0.05, 0) is 30.7 Å². The van der Waals surface area contributed by atoms with Crippen molar-refractivity contribution in [1.29, 1.82) is 0 Å². The van der Waals surface area contributed by atoms with Crippen molar-refractivity contribution < 1.29 is 9.59 Å². The first-order chi connectivity index (χ1) is 9.68. The third-order valence-electron chi connectivity index (χ3n) is 5.17. The van der Waals surface area contributed by atoms with Gasteiger partial charge in [-0.25, -0.2) is 0 Å². The Bertz CT molecular complexity index is 577. The van der Waals surface area contributed by atoms with Crippen LogP contribution in [0, 0.1) is 23.7 Å². The van der Waals surface area contributed by atoms with Gasteiger partial charge in [0.15, 0.2) is 0 Å². The van der Waals surface area contributed by atoms with Gasteiger partial charge in [-0.15, -0.1) is 0 Å². The summed E-state index contributed by atoms with van der Waals surface area (Å²) >= 11 is 0. The van der Waals surface area contributed by atoms with Crippen LogP contribution in [0.2, 0.25) is 0 Å². The van der Waals surface area contributed by atoms with Crippen molar-refractivity contribution in [3.05, 3.63) is 48.0 Å². The number of nitrogens with zero attached hydrogens (tertiary/aromatic N) is 1. The fourth-order valence-corrected chi connectivity index (χ4v) is 4.19. The largest absolute Gasteiger partial charge is 0.275 e. The Balaban J connectivity index is 1.68. The quantitative estimate of drug-likeness (QED) is 0.610. The Morgan fingerprint density at radius 1 is 1.00 bits per heavy atom. The Kier molecular flexibility index (Phi) is 2.40. The van der Waals surface area contributed by atoms with Crippen LogP contribution in [0.25, 0.3) is 0 Å². The van der Waals surface area contributed by atoms with E-state index in [2.05, 4.69) is 12.2 Å². The van der Waals surface area contributed by atoms with E-state index in [1.807, 2.05) is 37.3 Å². The molecule has 1 heterocycles. The van der Waals surface area contributed by atoms with Crippen LogP contribution in [-0.2, 0) is 9.59 Å². The molecule has 5 atom stereocenters. The van der Waals surface area contributed by atoms with Crippen LogP contribution in [0.15, 0.2) is 42.5 Å². The molecule has 1 aliphatic heterocycles. The van der Waals surface area contributed by atoms with Gasteiger partial charge in [-0.1, -0.05) is 42.5 Å². The Labute approximate surface area is 118 Å². The predicted octanol–water partition coefficient (Wildman–Crippen LogP) is 2.55. The van der Waals surface area contributed by atoms with Crippen molar-refractivity contribution in [2.24, 2.45) is 23.7 Å². The van der Waals surface area contributed by atoms with Crippen molar-refractivity contribution in [3.63, 3.8) is 0 Å². The van der Waals surface area contributed by atoms with E-state index >= 15 is 0 Å². The lowest BCUT2D eigenvalue weighted by atomic mass is 9.85. The van der Waals surface area contributed by atoms with E-state index in [4.69, 9.17) is 0 Å². The second-order valence-electron chi connectivity index (χ2n) is 6.13. The second-order valence-corrected chi connectivity index (χ2v) is 6.13. The fourth-order valence-electron chi connectivity index (χ4n) is 4.19. The van der Waals surface area contributed by atoms with E-state index in [1.165, 1.54) is 4.90 Å². The highest BCUT2D eigenvalue weighted by molar-refractivity contribution is 6.06. The molecule has 0 radical (unpaired) electrons. The molecule has 20 heavy (non-hydrogen) atoms. The van der Waals surface area contributed by atoms with Crippen LogP contribution in [0.5, 0.6) is 0 Å². The molecule has 0 aromatic heterocycles. The molecule has 0 spiro atoms. The first-order valence-electron chi connectivity index (χ1n) is 7.28. The molecule has 2 bridgehead atoms. The minimum absolute atomic E-state index is 0.0354. The number of carbonyl (C=O) groups is 2. The molecule has 4 rings (SSSR count). The van der Waals surface area contributed by atoms with Crippen LogP contribution < -0.4 is 0 Å². The number of amides is 2. The van der Waals surface area contributed by atoms with Crippen LogP contribution in [0.1, 0.15) is 24.9 Å². The zero-order valence-corrected chi connectivity index (χ0v) is 11.4. The molecular weight excluding hydrogens is 250 g/mol. The summed E-state index contributed by atoms with van der Waals surface area (Å²) < 4.78 is 0. The lowest BCUT2D eigenvalue weighted by Crippen LogP contribution is -2.35. The first kappa shape index (κ1) is 11.9. The van der Waals surface area contributed by atoms with Gasteiger partial charge in [0.2, 0.25) is 11.8 Å². The summed E-state index contributed by atoms with van der Waals surface area (Å²) in [5, 5.41) is 0. The normalized spacial score (nSPS) is 35.8. The van der Waals surface area contributed by atoms with Crippen molar-refractivity contribution in [2.45, 2.75) is 19.4 Å². The van der Waals surface area contributed by atoms with Gasteiger partial charge in [0.05, 0.1) is 17.9 Å². The van der Waals surface area contributed by atoms with E-state index in [-0.39, 0.29) is 41.5 Å². The van der Waals surface area contributed by atoms with Crippen LogP contribution in [0.3, 0.4) is 0 Å². The van der Waals surface area contributed by atoms with Crippen LogP contribution >= 0.6 is 0 Å². The molecule has 2 fully saturated rings. The third-order valence-corrected chi connectivity index (χ3v) is 5.17. The number of hydrogen-bond donors (Lipinski definition) is 0. The molecular formula is C17H17NO2. The van der Waals surface area contributed by atoms with Crippen molar-refractivity contribution in [2.75, 3.05) is 0 Å². The molecule has 3 aliphatic rings. The van der Waals surface area contributed by atoms with Gasteiger partial charge in [0.1, 0.15) is 0 Å². The third kappa shape index (κ3) is 1.41. The van der Waals surface area contributed by atoms with E-state index < -0.39 is 0 Å². The molecule has 0 N–H and O–H groups in total. The first-order valence-corrected chi connectivity index (χ1v) is 7.28. The highest BCUT2D eigenvalue weighted by Gasteiger charge is 2.60. The van der Waals surface area contributed by atoms with Gasteiger partial charge >= 0.3 is 0 Å². The SMILES string of the molecule is C[C@H](c1ccccc1)N1C(=O)[C@@H]2[C@H](C1=O)[C@@H]1C=C[C@@H]2C1. The summed E-state index contributed by atoms with van der Waals surface area (Å²) in [6.45, 7) is 1.95. The topological polar surface area (TPSA) is 37.4 Å². The monoisotopic (exact) mass is 267 g/mol. The standard InChI is InChI=1S/C17H17NO2/c1-10(11-5-3-2-4-6-11)18-16(19)14-12-7-8-13(9-12)15(14)17(18)20/h2-8,10,12-15H,9H2,1H3/t10-,12-,13-,14-,15+/m1/s1. The number of allylic oxidation sites excluding steroid dienone is 2. The molecule has 102 valence electrons. The maximum Gasteiger partial charge on any atom is 0.234 e. The summed E-state index contributed by atoms with van der Waals surface area (Å²) in [5.41, 5.74) is 1.02. The Morgan fingerprint density at radius 3 is 2.10 bits per heavy atom. The summed E-state index contributed by atoms with van der Waals surface area (Å²) in [4.78, 5) is 26.9. The molecule has 1 saturated heterocycles. The average Bonchev–Trinajstić information content (AvgIpc) is 3.14. The second kappa shape index (κ2) is 4.05. The minimum Gasteiger partial charge on any atom is -0.275 e. The van der Waals surface area contributed by atoms with Gasteiger partial charge in [0, 0.05) is 0 Å². The van der Waals surface area contributed by atoms with E-state index in [9.17, 15) is 9.59 Å². The molecule has 1 saturated carbocycles. The number of likely N-dealkylation sites (tertiary alicyclic amines) is 1. The maximum atomic E-state index is 12.7. The van der Waals surface area contributed by atoms with Gasteiger partial charge < -0.3 is 0 Å². The predicted molar refractivity (Wildman–Crippen MR) is 74.4 cm³/mol. The number of hydrogen-bond acceptors (Lipinski definition) is 2. The zero-order valence-electron chi connectivity index (χ0n) is 11.4. The summed E-state index contributed by atoms with van der Waals surface area (Å²) in [6, 6.07) is 9.63. The van der Waals surface area contributed by atoms with Crippen molar-refractivity contribution >= 4 is 11.8 Å². The van der Waals surface area contributed by atoms with Gasteiger partial charge in [-0.2, -0.15) is 0 Å². The van der Waals surface area contributed by atoms with Gasteiger partial charge in [0.25, 0.3) is 0 Å². The summed E-state index contributed by atoms with van der Waals surface area (Å²) in [5.74, 6) is 0.456. The zero-order chi connectivity index (χ0) is 13.9. The molecule has 2 amide bonds. The minimum atomic E-state index is -0.166. The van der Waals surface area contributed by atoms with Gasteiger partial charge in [-0.3, -0.25) is 14.5 Å². The Hall–Kier alpha value is -1.90. The average molecular weight is 267 g/mol. The summed E-state index contributed by atoms with van der Waals surface area (Å²) in [7, 11) is 0.